The average Bonchev–Trinajstić information content (AvgIpc) is 2.76. The molecule has 1 heterocycles. The number of aromatic nitrogens is 2. The van der Waals surface area contributed by atoms with Gasteiger partial charge in [0.1, 0.15) is 0 Å². The number of hydrogen-bond donors (Lipinski definition) is 1. The number of fused-ring (bicyclic) bond motifs is 1. The molecule has 2 aromatic rings. The molecule has 17 heavy (non-hydrogen) atoms. The number of nitrogens with zero attached hydrogens (tertiary/aromatic N) is 2. The number of rotatable bonds is 2. The van der Waals surface area contributed by atoms with Crippen LogP contribution in [-0.4, -0.2) is 9.97 Å². The quantitative estimate of drug-likeness (QED) is 0.860. The van der Waals surface area contributed by atoms with Gasteiger partial charge in [-0.2, -0.15) is 0 Å². The van der Waals surface area contributed by atoms with Crippen LogP contribution < -0.4 is 5.32 Å². The van der Waals surface area contributed by atoms with E-state index >= 15 is 0 Å². The third kappa shape index (κ3) is 1.98. The molecule has 0 bridgehead atoms. The lowest BCUT2D eigenvalue weighted by atomic mass is 10.1. The van der Waals surface area contributed by atoms with Crippen molar-refractivity contribution in [3.05, 3.63) is 53.6 Å². The van der Waals surface area contributed by atoms with Crippen LogP contribution in [0.4, 0.5) is 10.3 Å². The topological polar surface area (TPSA) is 37.8 Å². The van der Waals surface area contributed by atoms with Gasteiger partial charge in [0.05, 0.1) is 18.4 Å². The molecule has 4 heteroatoms. The normalized spacial score (nSPS) is 17.8. The number of aryl methyl sites for hydroxylation is 1. The first-order valence-corrected chi connectivity index (χ1v) is 5.65. The van der Waals surface area contributed by atoms with E-state index in [9.17, 15) is 4.39 Å². The highest BCUT2D eigenvalue weighted by Crippen LogP contribution is 2.32. The first kappa shape index (κ1) is 10.2. The van der Waals surface area contributed by atoms with Crippen LogP contribution in [0.5, 0.6) is 0 Å². The zero-order chi connectivity index (χ0) is 11.7. The van der Waals surface area contributed by atoms with Gasteiger partial charge in [0.2, 0.25) is 5.95 Å². The Balaban J connectivity index is 1.81. The van der Waals surface area contributed by atoms with Gasteiger partial charge in [-0.25, -0.2) is 14.4 Å². The maximum atomic E-state index is 12.7. The summed E-state index contributed by atoms with van der Waals surface area (Å²) in [5.41, 5.74) is 2.66. The van der Waals surface area contributed by atoms with E-state index < -0.39 is 5.82 Å². The summed E-state index contributed by atoms with van der Waals surface area (Å²) < 4.78 is 12.7. The predicted molar refractivity (Wildman–Crippen MR) is 63.1 cm³/mol. The predicted octanol–water partition coefficient (Wildman–Crippen LogP) is 2.72. The molecule has 1 aliphatic carbocycles. The van der Waals surface area contributed by atoms with Crippen molar-refractivity contribution >= 4 is 5.95 Å². The number of anilines is 1. The fraction of sp³-hybridized carbons (Fsp3) is 0.231. The molecule has 1 aromatic heterocycles. The van der Waals surface area contributed by atoms with Crippen LogP contribution in [-0.2, 0) is 6.42 Å². The number of benzene rings is 1. The zero-order valence-electron chi connectivity index (χ0n) is 9.23. The van der Waals surface area contributed by atoms with Gasteiger partial charge in [0.25, 0.3) is 0 Å². The van der Waals surface area contributed by atoms with Gasteiger partial charge in [-0.15, -0.1) is 0 Å². The SMILES string of the molecule is Fc1cnc(N[C@H]2CCc3ccccc32)nc1. The summed E-state index contributed by atoms with van der Waals surface area (Å²) in [6, 6.07) is 8.57. The monoisotopic (exact) mass is 229 g/mol. The molecule has 1 N–H and O–H groups in total. The second-order valence-electron chi connectivity index (χ2n) is 4.16. The van der Waals surface area contributed by atoms with Gasteiger partial charge in [-0.3, -0.25) is 0 Å². The Labute approximate surface area is 98.7 Å². The van der Waals surface area contributed by atoms with Crippen LogP contribution in [0, 0.1) is 5.82 Å². The Morgan fingerprint density at radius 1 is 1.18 bits per heavy atom. The first-order chi connectivity index (χ1) is 8.33. The molecular weight excluding hydrogens is 217 g/mol. The standard InChI is InChI=1S/C13H12FN3/c14-10-7-15-13(16-8-10)17-12-6-5-9-3-1-2-4-11(9)12/h1-4,7-8,12H,5-6H2,(H,15,16,17)/t12-/m0/s1. The van der Waals surface area contributed by atoms with Gasteiger partial charge in [-0.1, -0.05) is 24.3 Å². The van der Waals surface area contributed by atoms with Crippen molar-refractivity contribution in [1.29, 1.82) is 0 Å². The van der Waals surface area contributed by atoms with Crippen LogP contribution in [0.2, 0.25) is 0 Å². The number of halogens is 1. The van der Waals surface area contributed by atoms with E-state index in [-0.39, 0.29) is 6.04 Å². The van der Waals surface area contributed by atoms with E-state index in [0.717, 1.165) is 12.8 Å². The van der Waals surface area contributed by atoms with Crippen molar-refractivity contribution in [3.8, 4) is 0 Å². The molecule has 3 nitrogen and oxygen atoms in total. The van der Waals surface area contributed by atoms with E-state index in [1.54, 1.807) is 0 Å². The van der Waals surface area contributed by atoms with Crippen molar-refractivity contribution < 1.29 is 4.39 Å². The Morgan fingerprint density at radius 3 is 2.76 bits per heavy atom. The minimum atomic E-state index is -0.414. The Bertz CT molecular complexity index is 524. The fourth-order valence-electron chi connectivity index (χ4n) is 2.25. The second kappa shape index (κ2) is 4.13. The molecule has 1 aromatic carbocycles. The fourth-order valence-corrected chi connectivity index (χ4v) is 2.25. The summed E-state index contributed by atoms with van der Waals surface area (Å²) in [5.74, 6) is 0.0653. The maximum Gasteiger partial charge on any atom is 0.223 e. The lowest BCUT2D eigenvalue weighted by molar-refractivity contribution is 0.613. The van der Waals surface area contributed by atoms with Gasteiger partial charge in [0, 0.05) is 0 Å². The molecule has 0 fully saturated rings. The van der Waals surface area contributed by atoms with Crippen LogP contribution in [0.1, 0.15) is 23.6 Å². The van der Waals surface area contributed by atoms with Gasteiger partial charge < -0.3 is 5.32 Å². The van der Waals surface area contributed by atoms with E-state index in [4.69, 9.17) is 0 Å². The molecule has 1 atom stereocenters. The molecule has 0 radical (unpaired) electrons. The average molecular weight is 229 g/mol. The molecule has 3 rings (SSSR count). The third-order valence-corrected chi connectivity index (χ3v) is 3.06. The number of hydrogen-bond acceptors (Lipinski definition) is 3. The molecule has 0 aliphatic heterocycles. The van der Waals surface area contributed by atoms with Crippen LogP contribution in [0.25, 0.3) is 0 Å². The third-order valence-electron chi connectivity index (χ3n) is 3.06. The molecule has 86 valence electrons. The van der Waals surface area contributed by atoms with Crippen LogP contribution in [0.3, 0.4) is 0 Å². The van der Waals surface area contributed by atoms with Gasteiger partial charge >= 0.3 is 0 Å². The van der Waals surface area contributed by atoms with Crippen molar-refractivity contribution in [2.75, 3.05) is 5.32 Å². The minimum absolute atomic E-state index is 0.233. The van der Waals surface area contributed by atoms with Crippen molar-refractivity contribution in [1.82, 2.24) is 9.97 Å². The minimum Gasteiger partial charge on any atom is -0.347 e. The van der Waals surface area contributed by atoms with Gasteiger partial charge in [-0.05, 0) is 24.0 Å². The molecule has 0 saturated carbocycles. The Kier molecular flexibility index (Phi) is 2.48. The van der Waals surface area contributed by atoms with E-state index in [2.05, 4.69) is 33.5 Å². The smallest absolute Gasteiger partial charge is 0.223 e. The second-order valence-corrected chi connectivity index (χ2v) is 4.16. The highest BCUT2D eigenvalue weighted by Gasteiger charge is 2.22. The molecule has 0 amide bonds. The lowest BCUT2D eigenvalue weighted by Crippen LogP contribution is -2.09. The molecular formula is C13H12FN3. The summed E-state index contributed by atoms with van der Waals surface area (Å²) in [5, 5.41) is 3.24. The van der Waals surface area contributed by atoms with E-state index in [1.165, 1.54) is 23.5 Å². The van der Waals surface area contributed by atoms with E-state index in [1.807, 2.05) is 6.07 Å². The summed E-state index contributed by atoms with van der Waals surface area (Å²) in [4.78, 5) is 7.83. The largest absolute Gasteiger partial charge is 0.347 e. The summed E-state index contributed by atoms with van der Waals surface area (Å²) in [6.45, 7) is 0. The molecule has 0 unspecified atom stereocenters. The highest BCUT2D eigenvalue weighted by atomic mass is 19.1. The summed E-state index contributed by atoms with van der Waals surface area (Å²) >= 11 is 0. The van der Waals surface area contributed by atoms with Crippen LogP contribution >= 0.6 is 0 Å². The van der Waals surface area contributed by atoms with Gasteiger partial charge in [0.15, 0.2) is 5.82 Å². The van der Waals surface area contributed by atoms with Crippen molar-refractivity contribution in [3.63, 3.8) is 0 Å². The molecule has 0 saturated heterocycles. The van der Waals surface area contributed by atoms with Crippen molar-refractivity contribution in [2.24, 2.45) is 0 Å². The summed E-state index contributed by atoms with van der Waals surface area (Å²) in [7, 11) is 0. The van der Waals surface area contributed by atoms with Crippen LogP contribution in [0.15, 0.2) is 36.7 Å². The zero-order valence-corrected chi connectivity index (χ0v) is 9.23. The highest BCUT2D eigenvalue weighted by molar-refractivity contribution is 5.40. The van der Waals surface area contributed by atoms with E-state index in [0.29, 0.717) is 5.95 Å². The first-order valence-electron chi connectivity index (χ1n) is 5.65. The number of nitrogens with one attached hydrogen (secondary N) is 1. The Hall–Kier alpha value is -1.97. The van der Waals surface area contributed by atoms with Crippen molar-refractivity contribution in [2.45, 2.75) is 18.9 Å². The lowest BCUT2D eigenvalue weighted by Gasteiger charge is -2.13. The molecule has 1 aliphatic rings. The summed E-state index contributed by atoms with van der Waals surface area (Å²) in [6.07, 6.45) is 4.45. The maximum absolute atomic E-state index is 12.7. The molecule has 0 spiro atoms. The Morgan fingerprint density at radius 2 is 1.94 bits per heavy atom.